The van der Waals surface area contributed by atoms with Gasteiger partial charge >= 0.3 is 5.97 Å². The Morgan fingerprint density at radius 1 is 1.12 bits per heavy atom. The molecule has 1 unspecified atom stereocenters. The van der Waals surface area contributed by atoms with Crippen molar-refractivity contribution in [1.29, 1.82) is 0 Å². The van der Waals surface area contributed by atoms with Crippen LogP contribution in [0.4, 0.5) is 0 Å². The monoisotopic (exact) mass is 436 g/mol. The Morgan fingerprint density at radius 2 is 1.88 bits per heavy atom. The van der Waals surface area contributed by atoms with Crippen molar-refractivity contribution in [2.45, 2.75) is 58.8 Å². The van der Waals surface area contributed by atoms with Crippen LogP contribution in [0.2, 0.25) is 0 Å². The molecular weight excluding hydrogens is 412 g/mol. The summed E-state index contributed by atoms with van der Waals surface area (Å²) in [5, 5.41) is 32.4. The fourth-order valence-electron chi connectivity index (χ4n) is 5.04. The van der Waals surface area contributed by atoms with Crippen LogP contribution in [0.3, 0.4) is 0 Å². The Balaban J connectivity index is 1.88. The van der Waals surface area contributed by atoms with Crippen molar-refractivity contribution in [2.75, 3.05) is 0 Å². The molecule has 0 spiro atoms. The normalized spacial score (nSPS) is 18.9. The molecule has 2 aliphatic heterocycles. The first-order chi connectivity index (χ1) is 15.3. The summed E-state index contributed by atoms with van der Waals surface area (Å²) in [6.07, 6.45) is 1.23. The Bertz CT molecular complexity index is 1390. The zero-order valence-corrected chi connectivity index (χ0v) is 18.2. The predicted octanol–water partition coefficient (Wildman–Crippen LogP) is 2.62. The van der Waals surface area contributed by atoms with E-state index in [1.165, 1.54) is 6.07 Å². The largest absolute Gasteiger partial charge is 0.504 e. The van der Waals surface area contributed by atoms with E-state index in [9.17, 15) is 24.9 Å². The molecule has 0 fully saturated rings. The number of rotatable bonds is 3. The SMILES string of the molecule is CCc1cc(O)c(O)c2c(CC)c3c(nc12)-c1cc2c(c(=O)n1C3)COC(=O)C2(O)CC. The van der Waals surface area contributed by atoms with Crippen LogP contribution in [-0.4, -0.2) is 30.8 Å². The molecule has 0 aliphatic carbocycles. The van der Waals surface area contributed by atoms with E-state index in [0.29, 0.717) is 35.1 Å². The first-order valence-corrected chi connectivity index (χ1v) is 10.8. The van der Waals surface area contributed by atoms with Gasteiger partial charge in [-0.1, -0.05) is 20.8 Å². The van der Waals surface area contributed by atoms with Gasteiger partial charge in [0.15, 0.2) is 17.1 Å². The van der Waals surface area contributed by atoms with Gasteiger partial charge in [0, 0.05) is 16.5 Å². The van der Waals surface area contributed by atoms with Gasteiger partial charge < -0.3 is 24.6 Å². The number of fused-ring (bicyclic) bond motifs is 5. The number of aliphatic hydroxyl groups is 1. The lowest BCUT2D eigenvalue weighted by Gasteiger charge is -2.31. The van der Waals surface area contributed by atoms with Crippen molar-refractivity contribution in [3.05, 3.63) is 50.3 Å². The van der Waals surface area contributed by atoms with Gasteiger partial charge in [-0.15, -0.1) is 0 Å². The summed E-state index contributed by atoms with van der Waals surface area (Å²) in [5.41, 5.74) is 2.39. The summed E-state index contributed by atoms with van der Waals surface area (Å²) in [4.78, 5) is 30.5. The highest BCUT2D eigenvalue weighted by Gasteiger charge is 2.45. The summed E-state index contributed by atoms with van der Waals surface area (Å²) in [5.74, 6) is -1.17. The molecule has 8 heteroatoms. The van der Waals surface area contributed by atoms with Crippen molar-refractivity contribution in [3.63, 3.8) is 0 Å². The van der Waals surface area contributed by atoms with Crippen LogP contribution < -0.4 is 5.56 Å². The number of hydrogen-bond acceptors (Lipinski definition) is 7. The van der Waals surface area contributed by atoms with Gasteiger partial charge in [0.2, 0.25) is 0 Å². The number of cyclic esters (lactones) is 1. The molecule has 1 aromatic carbocycles. The quantitative estimate of drug-likeness (QED) is 0.333. The third kappa shape index (κ3) is 2.44. The van der Waals surface area contributed by atoms with Crippen molar-refractivity contribution in [3.8, 4) is 22.9 Å². The van der Waals surface area contributed by atoms with E-state index < -0.39 is 11.6 Å². The molecule has 1 atom stereocenters. The number of pyridine rings is 2. The number of nitrogens with zero attached hydrogens (tertiary/aromatic N) is 2. The Kier molecular flexibility index (Phi) is 4.36. The molecule has 0 bridgehead atoms. The van der Waals surface area contributed by atoms with E-state index in [-0.39, 0.29) is 47.8 Å². The minimum Gasteiger partial charge on any atom is -0.504 e. The maximum absolute atomic E-state index is 13.4. The van der Waals surface area contributed by atoms with Gasteiger partial charge in [0.05, 0.1) is 29.0 Å². The minimum absolute atomic E-state index is 0.0765. The number of phenols is 2. The molecule has 2 aromatic heterocycles. The fraction of sp³-hybridized carbons (Fsp3) is 0.375. The van der Waals surface area contributed by atoms with Crippen LogP contribution in [0.15, 0.2) is 16.9 Å². The molecule has 0 radical (unpaired) electrons. The zero-order valence-electron chi connectivity index (χ0n) is 18.2. The smallest absolute Gasteiger partial charge is 0.343 e. The molecule has 3 N–H and O–H groups in total. The average Bonchev–Trinajstić information content (AvgIpc) is 3.16. The standard InChI is InChI=1S/C24H24N2O6/c1-4-11-7-17(27)21(28)18-12(5-2)13-9-26-16(20(13)25-19(11)18)8-15-14(22(26)29)10-32-23(30)24(15,31)6-3/h7-8,27-28,31H,4-6,9-10H2,1-3H3. The van der Waals surface area contributed by atoms with Crippen LogP contribution in [0, 0.1) is 0 Å². The van der Waals surface area contributed by atoms with E-state index in [0.717, 1.165) is 16.7 Å². The third-order valence-corrected chi connectivity index (χ3v) is 6.84. The highest BCUT2D eigenvalue weighted by atomic mass is 16.6. The van der Waals surface area contributed by atoms with Gasteiger partial charge in [0.25, 0.3) is 5.56 Å². The maximum atomic E-state index is 13.4. The average molecular weight is 436 g/mol. The second-order valence-electron chi connectivity index (χ2n) is 8.35. The number of hydrogen-bond donors (Lipinski definition) is 3. The lowest BCUT2D eigenvalue weighted by atomic mass is 9.86. The van der Waals surface area contributed by atoms with E-state index in [2.05, 4.69) is 0 Å². The molecule has 0 saturated carbocycles. The number of aromatic hydroxyl groups is 2. The summed E-state index contributed by atoms with van der Waals surface area (Å²) in [6, 6.07) is 3.19. The van der Waals surface area contributed by atoms with Gasteiger partial charge in [-0.2, -0.15) is 0 Å². The summed E-state index contributed by atoms with van der Waals surface area (Å²) in [7, 11) is 0. The number of phenolic OH excluding ortho intramolecular Hbond substituents is 2. The molecule has 8 nitrogen and oxygen atoms in total. The summed E-state index contributed by atoms with van der Waals surface area (Å²) in [6.45, 7) is 5.62. The number of ether oxygens (including phenoxy) is 1. The van der Waals surface area contributed by atoms with Crippen molar-refractivity contribution in [1.82, 2.24) is 9.55 Å². The molecule has 32 heavy (non-hydrogen) atoms. The Morgan fingerprint density at radius 3 is 2.53 bits per heavy atom. The molecular formula is C24H24N2O6. The predicted molar refractivity (Wildman–Crippen MR) is 117 cm³/mol. The van der Waals surface area contributed by atoms with Crippen LogP contribution in [-0.2, 0) is 41.1 Å². The van der Waals surface area contributed by atoms with Crippen molar-refractivity contribution < 1.29 is 24.9 Å². The molecule has 166 valence electrons. The van der Waals surface area contributed by atoms with Crippen molar-refractivity contribution >= 4 is 16.9 Å². The molecule has 3 aromatic rings. The molecule has 0 amide bonds. The second-order valence-corrected chi connectivity index (χ2v) is 8.35. The minimum atomic E-state index is -1.88. The highest BCUT2D eigenvalue weighted by molar-refractivity contribution is 5.96. The lowest BCUT2D eigenvalue weighted by Crippen LogP contribution is -2.44. The van der Waals surface area contributed by atoms with E-state index in [1.54, 1.807) is 17.6 Å². The first kappa shape index (κ1) is 20.5. The van der Waals surface area contributed by atoms with Crippen molar-refractivity contribution in [2.24, 2.45) is 0 Å². The zero-order chi connectivity index (χ0) is 22.9. The van der Waals surface area contributed by atoms with Crippen LogP contribution in [0.1, 0.15) is 55.0 Å². The summed E-state index contributed by atoms with van der Waals surface area (Å²) < 4.78 is 6.69. The van der Waals surface area contributed by atoms with Crippen LogP contribution in [0.5, 0.6) is 11.5 Å². The maximum Gasteiger partial charge on any atom is 0.343 e. The molecule has 2 aliphatic rings. The Labute approximate surface area is 183 Å². The van der Waals surface area contributed by atoms with E-state index in [1.807, 2.05) is 13.8 Å². The first-order valence-electron chi connectivity index (χ1n) is 10.8. The number of carbonyl (C=O) groups excluding carboxylic acids is 1. The number of aryl methyl sites for hydroxylation is 2. The highest BCUT2D eigenvalue weighted by Crippen LogP contribution is 2.44. The third-order valence-electron chi connectivity index (χ3n) is 6.84. The summed E-state index contributed by atoms with van der Waals surface area (Å²) >= 11 is 0. The number of esters is 1. The number of carbonyl (C=O) groups is 1. The van der Waals surface area contributed by atoms with Crippen LogP contribution >= 0.6 is 0 Å². The van der Waals surface area contributed by atoms with Crippen LogP contribution in [0.25, 0.3) is 22.3 Å². The van der Waals surface area contributed by atoms with Gasteiger partial charge in [-0.05, 0) is 42.5 Å². The number of benzene rings is 1. The molecule has 0 saturated heterocycles. The fourth-order valence-corrected chi connectivity index (χ4v) is 5.04. The molecule has 5 rings (SSSR count). The van der Waals surface area contributed by atoms with Gasteiger partial charge in [-0.3, -0.25) is 4.79 Å². The molecule has 4 heterocycles. The lowest BCUT2D eigenvalue weighted by molar-refractivity contribution is -0.172. The van der Waals surface area contributed by atoms with Gasteiger partial charge in [-0.25, -0.2) is 9.78 Å². The van der Waals surface area contributed by atoms with E-state index in [4.69, 9.17) is 9.72 Å². The topological polar surface area (TPSA) is 122 Å². The number of aromatic nitrogens is 2. The second kappa shape index (κ2) is 6.80. The van der Waals surface area contributed by atoms with Gasteiger partial charge in [0.1, 0.15) is 6.61 Å². The van der Waals surface area contributed by atoms with E-state index >= 15 is 0 Å². The Hall–Kier alpha value is -3.39.